The predicted molar refractivity (Wildman–Crippen MR) is 48.2 cm³/mol. The van der Waals surface area contributed by atoms with Crippen molar-refractivity contribution in [2.45, 2.75) is 19.4 Å². The molecule has 0 amide bonds. The van der Waals surface area contributed by atoms with Crippen LogP contribution in [0.2, 0.25) is 0 Å². The molecule has 12 heavy (non-hydrogen) atoms. The van der Waals surface area contributed by atoms with E-state index in [0.29, 0.717) is 0 Å². The van der Waals surface area contributed by atoms with Gasteiger partial charge in [-0.1, -0.05) is 0 Å². The van der Waals surface area contributed by atoms with Crippen LogP contribution in [0.4, 0.5) is 0 Å². The second-order valence-electron chi connectivity index (χ2n) is 2.71. The molecule has 1 heterocycles. The van der Waals surface area contributed by atoms with E-state index in [-0.39, 0.29) is 12.5 Å². The lowest BCUT2D eigenvalue weighted by molar-refractivity contribution is -0.137. The van der Waals surface area contributed by atoms with Crippen LogP contribution in [0.15, 0.2) is 10.8 Å². The number of carboxylic acid groups (broad SMARTS) is 1. The van der Waals surface area contributed by atoms with E-state index in [9.17, 15) is 4.79 Å². The Morgan fingerprint density at radius 3 is 2.83 bits per heavy atom. The Bertz CT molecular complexity index is 282. The Labute approximate surface area is 74.8 Å². The maximum absolute atomic E-state index is 10.3. The number of aliphatic carboxylic acids is 1. The molecule has 0 saturated heterocycles. The summed E-state index contributed by atoms with van der Waals surface area (Å²) in [5.41, 5.74) is 7.69. The third-order valence-corrected chi connectivity index (χ3v) is 2.57. The van der Waals surface area contributed by atoms with Gasteiger partial charge in [0.15, 0.2) is 0 Å². The molecule has 1 aromatic rings. The molecule has 0 bridgehead atoms. The van der Waals surface area contributed by atoms with Crippen molar-refractivity contribution >= 4 is 17.3 Å². The van der Waals surface area contributed by atoms with E-state index in [1.165, 1.54) is 0 Å². The number of hydrogen-bond donors (Lipinski definition) is 2. The fraction of sp³-hybridized carbons (Fsp3) is 0.375. The molecule has 0 aromatic carbocycles. The third-order valence-electron chi connectivity index (χ3n) is 1.69. The second kappa shape index (κ2) is 3.69. The van der Waals surface area contributed by atoms with E-state index < -0.39 is 5.97 Å². The summed E-state index contributed by atoms with van der Waals surface area (Å²) in [5.74, 6) is -0.854. The molecule has 3 N–H and O–H groups in total. The van der Waals surface area contributed by atoms with Gasteiger partial charge in [-0.05, 0) is 28.8 Å². The van der Waals surface area contributed by atoms with Gasteiger partial charge in [-0.15, -0.1) is 0 Å². The Kier molecular flexibility index (Phi) is 2.83. The molecule has 0 aliphatic rings. The summed E-state index contributed by atoms with van der Waals surface area (Å²) in [4.78, 5) is 10.3. The van der Waals surface area contributed by atoms with Crippen molar-refractivity contribution in [2.24, 2.45) is 5.73 Å². The van der Waals surface area contributed by atoms with Gasteiger partial charge >= 0.3 is 5.97 Å². The van der Waals surface area contributed by atoms with Gasteiger partial charge in [0.05, 0.1) is 6.42 Å². The first-order chi connectivity index (χ1) is 5.61. The van der Waals surface area contributed by atoms with Gasteiger partial charge in [-0.25, -0.2) is 0 Å². The molecule has 0 fully saturated rings. The van der Waals surface area contributed by atoms with E-state index in [2.05, 4.69) is 0 Å². The normalized spacial score (nSPS) is 12.8. The summed E-state index contributed by atoms with van der Waals surface area (Å²) in [7, 11) is 0. The van der Waals surface area contributed by atoms with Gasteiger partial charge in [0, 0.05) is 6.04 Å². The fourth-order valence-corrected chi connectivity index (χ4v) is 1.96. The van der Waals surface area contributed by atoms with Gasteiger partial charge in [0.25, 0.3) is 0 Å². The van der Waals surface area contributed by atoms with Gasteiger partial charge in [0.2, 0.25) is 0 Å². The number of hydrogen-bond acceptors (Lipinski definition) is 3. The van der Waals surface area contributed by atoms with Crippen LogP contribution < -0.4 is 5.73 Å². The third kappa shape index (κ3) is 2.06. The summed E-state index contributed by atoms with van der Waals surface area (Å²) in [5, 5.41) is 12.4. The van der Waals surface area contributed by atoms with Crippen LogP contribution in [-0.2, 0) is 4.79 Å². The molecule has 0 saturated carbocycles. The highest BCUT2D eigenvalue weighted by Gasteiger charge is 2.12. The Morgan fingerprint density at radius 2 is 2.42 bits per heavy atom. The molecule has 0 unspecified atom stereocenters. The van der Waals surface area contributed by atoms with Crippen LogP contribution in [0.25, 0.3) is 0 Å². The number of aryl methyl sites for hydroxylation is 1. The van der Waals surface area contributed by atoms with E-state index in [0.717, 1.165) is 11.1 Å². The van der Waals surface area contributed by atoms with Crippen molar-refractivity contribution in [1.29, 1.82) is 0 Å². The molecular weight excluding hydrogens is 174 g/mol. The van der Waals surface area contributed by atoms with Gasteiger partial charge < -0.3 is 10.8 Å². The van der Waals surface area contributed by atoms with E-state index >= 15 is 0 Å². The van der Waals surface area contributed by atoms with Crippen molar-refractivity contribution in [3.8, 4) is 0 Å². The summed E-state index contributed by atoms with van der Waals surface area (Å²) in [6, 6.07) is -0.367. The van der Waals surface area contributed by atoms with Crippen LogP contribution in [-0.4, -0.2) is 11.1 Å². The van der Waals surface area contributed by atoms with E-state index in [1.54, 1.807) is 11.3 Å². The van der Waals surface area contributed by atoms with Crippen molar-refractivity contribution in [3.05, 3.63) is 21.9 Å². The number of rotatable bonds is 3. The first-order valence-corrected chi connectivity index (χ1v) is 4.55. The monoisotopic (exact) mass is 185 g/mol. The van der Waals surface area contributed by atoms with Crippen LogP contribution in [0.5, 0.6) is 0 Å². The van der Waals surface area contributed by atoms with Gasteiger partial charge in [-0.2, -0.15) is 11.3 Å². The van der Waals surface area contributed by atoms with Gasteiger partial charge in [0.1, 0.15) is 0 Å². The molecule has 1 rings (SSSR count). The highest BCUT2D eigenvalue weighted by atomic mass is 32.1. The fourth-order valence-electron chi connectivity index (χ4n) is 1.05. The standard InChI is InChI=1S/C8H11NO2S/c1-5-3-12-4-6(5)7(9)2-8(10)11/h3-4,7H,2,9H2,1H3,(H,10,11)/t7-/m0/s1. The minimum Gasteiger partial charge on any atom is -0.481 e. The van der Waals surface area contributed by atoms with Crippen molar-refractivity contribution in [1.82, 2.24) is 0 Å². The number of carbonyl (C=O) groups is 1. The van der Waals surface area contributed by atoms with E-state index in [4.69, 9.17) is 10.8 Å². The predicted octanol–water partition coefficient (Wildman–Crippen LogP) is 1.53. The summed E-state index contributed by atoms with van der Waals surface area (Å²) < 4.78 is 0. The molecule has 0 aliphatic heterocycles. The van der Waals surface area contributed by atoms with Crippen LogP contribution in [0, 0.1) is 6.92 Å². The minimum absolute atomic E-state index is 0.00241. The zero-order valence-electron chi connectivity index (χ0n) is 6.78. The Morgan fingerprint density at radius 1 is 1.75 bits per heavy atom. The molecule has 1 atom stereocenters. The van der Waals surface area contributed by atoms with Crippen molar-refractivity contribution in [2.75, 3.05) is 0 Å². The average molecular weight is 185 g/mol. The lowest BCUT2D eigenvalue weighted by Gasteiger charge is -2.07. The van der Waals surface area contributed by atoms with Crippen molar-refractivity contribution < 1.29 is 9.90 Å². The quantitative estimate of drug-likeness (QED) is 0.750. The molecular formula is C8H11NO2S. The van der Waals surface area contributed by atoms with Crippen molar-refractivity contribution in [3.63, 3.8) is 0 Å². The smallest absolute Gasteiger partial charge is 0.305 e. The number of carboxylic acids is 1. The van der Waals surface area contributed by atoms with Crippen LogP contribution >= 0.6 is 11.3 Å². The highest BCUT2D eigenvalue weighted by molar-refractivity contribution is 7.08. The maximum atomic E-state index is 10.3. The number of nitrogens with two attached hydrogens (primary N) is 1. The van der Waals surface area contributed by atoms with Crippen LogP contribution in [0.3, 0.4) is 0 Å². The topological polar surface area (TPSA) is 63.3 Å². The molecule has 0 aliphatic carbocycles. The second-order valence-corrected chi connectivity index (χ2v) is 3.46. The molecule has 3 nitrogen and oxygen atoms in total. The Hall–Kier alpha value is -0.870. The summed E-state index contributed by atoms with van der Waals surface area (Å²) in [6.45, 7) is 1.94. The lowest BCUT2D eigenvalue weighted by Crippen LogP contribution is -2.14. The highest BCUT2D eigenvalue weighted by Crippen LogP contribution is 2.21. The summed E-state index contributed by atoms with van der Waals surface area (Å²) >= 11 is 1.55. The average Bonchev–Trinajstić information content (AvgIpc) is 2.33. The maximum Gasteiger partial charge on any atom is 0.305 e. The molecule has 1 aromatic heterocycles. The first-order valence-electron chi connectivity index (χ1n) is 3.61. The van der Waals surface area contributed by atoms with E-state index in [1.807, 2.05) is 17.7 Å². The zero-order valence-corrected chi connectivity index (χ0v) is 7.60. The molecule has 66 valence electrons. The summed E-state index contributed by atoms with van der Waals surface area (Å²) in [6.07, 6.45) is -0.00241. The number of thiophene rings is 1. The SMILES string of the molecule is Cc1cscc1[C@@H](N)CC(=O)O. The van der Waals surface area contributed by atoms with Crippen LogP contribution in [0.1, 0.15) is 23.6 Å². The van der Waals surface area contributed by atoms with Gasteiger partial charge in [-0.3, -0.25) is 4.79 Å². The lowest BCUT2D eigenvalue weighted by atomic mass is 10.1. The largest absolute Gasteiger partial charge is 0.481 e. The first kappa shape index (κ1) is 9.22. The molecule has 0 radical (unpaired) electrons. The minimum atomic E-state index is -0.854. The molecule has 4 heteroatoms. The Balaban J connectivity index is 2.71. The zero-order chi connectivity index (χ0) is 9.14. The molecule has 0 spiro atoms.